The number of aromatic nitrogens is 1. The molecular weight excluding hydrogens is 336 g/mol. The number of hydrogen-bond acceptors (Lipinski definition) is 5. The van der Waals surface area contributed by atoms with Crippen LogP contribution in [0.5, 0.6) is 0 Å². The van der Waals surface area contributed by atoms with Crippen LogP contribution in [0.3, 0.4) is 0 Å². The van der Waals surface area contributed by atoms with Crippen molar-refractivity contribution in [3.63, 3.8) is 0 Å². The minimum atomic E-state index is -0.463. The van der Waals surface area contributed by atoms with Crippen molar-refractivity contribution in [1.29, 1.82) is 0 Å². The lowest BCUT2D eigenvalue weighted by Gasteiger charge is -2.42. The lowest BCUT2D eigenvalue weighted by atomic mass is 9.73. The third kappa shape index (κ3) is 4.12. The van der Waals surface area contributed by atoms with E-state index in [2.05, 4.69) is 25.8 Å². The number of aryl methyl sites for hydroxylation is 1. The van der Waals surface area contributed by atoms with E-state index >= 15 is 0 Å². The standard InChI is InChI=1S/C19H26N2O3S/c1-12-5-6-16(24-12)18-20-13(11-25-18)9-17(23)21-8-7-14(15(22)10-21)19(2,3)4/h5-6,11,14-15,22H,7-10H2,1-4H3/t14-,15+/m0/s1. The molecule has 3 heterocycles. The van der Waals surface area contributed by atoms with Crippen molar-refractivity contribution in [3.05, 3.63) is 29.0 Å². The zero-order valence-electron chi connectivity index (χ0n) is 15.3. The summed E-state index contributed by atoms with van der Waals surface area (Å²) in [4.78, 5) is 18.9. The van der Waals surface area contributed by atoms with Gasteiger partial charge in [0.25, 0.3) is 0 Å². The summed E-state index contributed by atoms with van der Waals surface area (Å²) in [5.74, 6) is 1.84. The number of hydrogen-bond donors (Lipinski definition) is 1. The molecular formula is C19H26N2O3S. The molecule has 0 aliphatic carbocycles. The van der Waals surface area contributed by atoms with Crippen LogP contribution in [-0.2, 0) is 11.2 Å². The molecule has 1 aliphatic heterocycles. The Kier molecular flexibility index (Phi) is 5.02. The van der Waals surface area contributed by atoms with Crippen molar-refractivity contribution in [3.8, 4) is 10.8 Å². The Bertz CT molecular complexity index is 744. The van der Waals surface area contributed by atoms with E-state index in [9.17, 15) is 9.90 Å². The molecule has 1 fully saturated rings. The number of furan rings is 1. The van der Waals surface area contributed by atoms with Gasteiger partial charge in [-0.25, -0.2) is 4.98 Å². The van der Waals surface area contributed by atoms with Crippen LogP contribution < -0.4 is 0 Å². The van der Waals surface area contributed by atoms with Gasteiger partial charge < -0.3 is 14.4 Å². The van der Waals surface area contributed by atoms with E-state index in [1.54, 1.807) is 4.90 Å². The van der Waals surface area contributed by atoms with Crippen molar-refractivity contribution < 1.29 is 14.3 Å². The van der Waals surface area contributed by atoms with Gasteiger partial charge in [0, 0.05) is 18.5 Å². The number of rotatable bonds is 3. The Morgan fingerprint density at radius 1 is 1.44 bits per heavy atom. The summed E-state index contributed by atoms with van der Waals surface area (Å²) in [6.07, 6.45) is 0.641. The number of aliphatic hydroxyl groups is 1. The molecule has 2 aromatic rings. The highest BCUT2D eigenvalue weighted by Gasteiger charge is 2.37. The SMILES string of the molecule is Cc1ccc(-c2nc(CC(=O)N3CC[C@H](C(C)(C)C)[C@H](O)C3)cs2)o1. The number of β-amino-alcohol motifs (C(OH)–C–C–N with tert-alkyl or cyclic N) is 1. The summed E-state index contributed by atoms with van der Waals surface area (Å²) in [5.41, 5.74) is 0.811. The average Bonchev–Trinajstić information content (AvgIpc) is 3.14. The van der Waals surface area contributed by atoms with Crippen LogP contribution in [-0.4, -0.2) is 40.1 Å². The quantitative estimate of drug-likeness (QED) is 0.907. The molecule has 6 heteroatoms. The lowest BCUT2D eigenvalue weighted by molar-refractivity contribution is -0.136. The average molecular weight is 362 g/mol. The van der Waals surface area contributed by atoms with Gasteiger partial charge in [0.05, 0.1) is 18.2 Å². The highest BCUT2D eigenvalue weighted by atomic mass is 32.1. The van der Waals surface area contributed by atoms with Crippen LogP contribution in [0, 0.1) is 18.3 Å². The van der Waals surface area contributed by atoms with E-state index < -0.39 is 6.10 Å². The van der Waals surface area contributed by atoms with E-state index in [0.29, 0.717) is 13.1 Å². The second-order valence-corrected chi connectivity index (χ2v) is 8.76. The van der Waals surface area contributed by atoms with Gasteiger partial charge in [-0.1, -0.05) is 20.8 Å². The third-order valence-corrected chi connectivity index (χ3v) is 5.79. The Morgan fingerprint density at radius 2 is 2.20 bits per heavy atom. The minimum Gasteiger partial charge on any atom is -0.459 e. The fourth-order valence-electron chi connectivity index (χ4n) is 3.49. The molecule has 0 saturated carbocycles. The summed E-state index contributed by atoms with van der Waals surface area (Å²) in [6, 6.07) is 3.80. The zero-order valence-corrected chi connectivity index (χ0v) is 16.1. The van der Waals surface area contributed by atoms with E-state index in [-0.39, 0.29) is 23.7 Å². The summed E-state index contributed by atoms with van der Waals surface area (Å²) in [5, 5.41) is 13.1. The maximum absolute atomic E-state index is 12.6. The van der Waals surface area contributed by atoms with Crippen LogP contribution in [0.15, 0.2) is 21.9 Å². The number of aliphatic hydroxyl groups excluding tert-OH is 1. The molecule has 0 radical (unpaired) electrons. The normalized spacial score (nSPS) is 21.6. The predicted molar refractivity (Wildman–Crippen MR) is 98.4 cm³/mol. The molecule has 1 aliphatic rings. The first-order valence-electron chi connectivity index (χ1n) is 8.71. The fraction of sp³-hybridized carbons (Fsp3) is 0.579. The molecule has 25 heavy (non-hydrogen) atoms. The fourth-order valence-corrected chi connectivity index (χ4v) is 4.27. The van der Waals surface area contributed by atoms with Gasteiger partial charge in [0.1, 0.15) is 5.76 Å². The minimum absolute atomic E-state index is 0.0267. The number of piperidine rings is 1. The molecule has 2 atom stereocenters. The van der Waals surface area contributed by atoms with Crippen molar-refractivity contribution in [2.45, 2.75) is 46.6 Å². The second kappa shape index (κ2) is 6.92. The molecule has 1 amide bonds. The van der Waals surface area contributed by atoms with E-state index in [1.807, 2.05) is 24.4 Å². The largest absolute Gasteiger partial charge is 0.459 e. The molecule has 5 nitrogen and oxygen atoms in total. The monoisotopic (exact) mass is 362 g/mol. The first-order chi connectivity index (χ1) is 11.7. The first kappa shape index (κ1) is 18.1. The topological polar surface area (TPSA) is 66.6 Å². The second-order valence-electron chi connectivity index (χ2n) is 7.90. The van der Waals surface area contributed by atoms with Crippen LogP contribution in [0.25, 0.3) is 10.8 Å². The van der Waals surface area contributed by atoms with Crippen molar-refractivity contribution in [1.82, 2.24) is 9.88 Å². The third-order valence-electron chi connectivity index (χ3n) is 4.88. The maximum Gasteiger partial charge on any atom is 0.228 e. The van der Waals surface area contributed by atoms with Crippen molar-refractivity contribution in [2.24, 2.45) is 11.3 Å². The first-order valence-corrected chi connectivity index (χ1v) is 9.59. The van der Waals surface area contributed by atoms with Gasteiger partial charge >= 0.3 is 0 Å². The molecule has 0 bridgehead atoms. The predicted octanol–water partition coefficient (Wildman–Crippen LogP) is 3.51. The molecule has 3 rings (SSSR count). The van der Waals surface area contributed by atoms with Gasteiger partial charge in [0.2, 0.25) is 5.91 Å². The molecule has 0 aromatic carbocycles. The smallest absolute Gasteiger partial charge is 0.228 e. The van der Waals surface area contributed by atoms with Crippen molar-refractivity contribution >= 4 is 17.2 Å². The Balaban J connectivity index is 1.61. The summed E-state index contributed by atoms with van der Waals surface area (Å²) in [6.45, 7) is 9.44. The van der Waals surface area contributed by atoms with Gasteiger partial charge in [-0.3, -0.25) is 4.79 Å². The van der Waals surface area contributed by atoms with Crippen molar-refractivity contribution in [2.75, 3.05) is 13.1 Å². The Labute approximate surface area is 152 Å². The molecule has 0 spiro atoms. The van der Waals surface area contributed by atoms with Crippen LogP contribution in [0.1, 0.15) is 38.6 Å². The molecule has 0 unspecified atom stereocenters. The number of nitrogens with zero attached hydrogens (tertiary/aromatic N) is 2. The highest BCUT2D eigenvalue weighted by Crippen LogP contribution is 2.34. The van der Waals surface area contributed by atoms with Crippen LogP contribution in [0.2, 0.25) is 0 Å². The summed E-state index contributed by atoms with van der Waals surface area (Å²) >= 11 is 1.48. The Hall–Kier alpha value is -1.66. The number of carbonyl (C=O) groups excluding carboxylic acids is 1. The molecule has 1 N–H and O–H groups in total. The zero-order chi connectivity index (χ0) is 18.2. The van der Waals surface area contributed by atoms with Gasteiger partial charge in [-0.15, -0.1) is 11.3 Å². The number of carbonyl (C=O) groups is 1. The van der Waals surface area contributed by atoms with E-state index in [0.717, 1.165) is 28.6 Å². The highest BCUT2D eigenvalue weighted by molar-refractivity contribution is 7.13. The summed E-state index contributed by atoms with van der Waals surface area (Å²) in [7, 11) is 0. The number of thiazole rings is 1. The number of amides is 1. The molecule has 136 valence electrons. The molecule has 1 saturated heterocycles. The lowest BCUT2D eigenvalue weighted by Crippen LogP contribution is -2.50. The summed E-state index contributed by atoms with van der Waals surface area (Å²) < 4.78 is 5.58. The maximum atomic E-state index is 12.6. The van der Waals surface area contributed by atoms with E-state index in [4.69, 9.17) is 4.42 Å². The van der Waals surface area contributed by atoms with Gasteiger partial charge in [-0.2, -0.15) is 0 Å². The van der Waals surface area contributed by atoms with Gasteiger partial charge in [-0.05, 0) is 36.8 Å². The number of likely N-dealkylation sites (tertiary alicyclic amines) is 1. The van der Waals surface area contributed by atoms with Crippen LogP contribution >= 0.6 is 11.3 Å². The Morgan fingerprint density at radius 3 is 2.80 bits per heavy atom. The molecule has 2 aromatic heterocycles. The van der Waals surface area contributed by atoms with Crippen LogP contribution in [0.4, 0.5) is 0 Å². The van der Waals surface area contributed by atoms with Gasteiger partial charge in [0.15, 0.2) is 10.8 Å². The van der Waals surface area contributed by atoms with E-state index in [1.165, 1.54) is 11.3 Å².